The van der Waals surface area contributed by atoms with Crippen molar-refractivity contribution in [1.29, 1.82) is 0 Å². The van der Waals surface area contributed by atoms with Gasteiger partial charge < -0.3 is 20.1 Å². The summed E-state index contributed by atoms with van der Waals surface area (Å²) in [5, 5.41) is 11.0. The number of nitrogens with zero attached hydrogens (tertiary/aromatic N) is 3. The Morgan fingerprint density at radius 2 is 1.92 bits per heavy atom. The Hall–Kier alpha value is -0.830. The molecule has 2 N–H and O–H groups in total. The smallest absolute Gasteiger partial charge is 0.191 e. The van der Waals surface area contributed by atoms with Crippen molar-refractivity contribution in [2.24, 2.45) is 10.9 Å². The van der Waals surface area contributed by atoms with Gasteiger partial charge in [0.15, 0.2) is 5.96 Å². The summed E-state index contributed by atoms with van der Waals surface area (Å²) < 4.78 is 5.44. The molecule has 0 radical (unpaired) electrons. The number of aliphatic imine (C=N–C) groups is 1. The third-order valence-corrected chi connectivity index (χ3v) is 4.73. The molecule has 2 rings (SSSR count). The largest absolute Gasteiger partial charge is 0.361 e. The lowest BCUT2D eigenvalue weighted by atomic mass is 10.1. The minimum Gasteiger partial charge on any atom is -0.361 e. The van der Waals surface area contributed by atoms with Crippen LogP contribution in [0.25, 0.3) is 0 Å². The predicted molar refractivity (Wildman–Crippen MR) is 118 cm³/mol. The van der Waals surface area contributed by atoms with E-state index in [0.29, 0.717) is 12.5 Å². The molecule has 1 fully saturated rings. The van der Waals surface area contributed by atoms with Crippen molar-refractivity contribution in [2.75, 3.05) is 32.7 Å². The number of hydrogen-bond acceptors (Lipinski definition) is 4. The van der Waals surface area contributed by atoms with Gasteiger partial charge in [-0.1, -0.05) is 25.9 Å². The van der Waals surface area contributed by atoms with E-state index in [-0.39, 0.29) is 24.0 Å². The fourth-order valence-electron chi connectivity index (χ4n) is 3.36. The first-order valence-corrected chi connectivity index (χ1v) is 9.88. The van der Waals surface area contributed by atoms with Gasteiger partial charge in [0.1, 0.15) is 5.76 Å². The van der Waals surface area contributed by atoms with E-state index in [1.165, 1.54) is 25.9 Å². The summed E-state index contributed by atoms with van der Waals surface area (Å²) in [5.74, 6) is 2.44. The fraction of sp³-hybridized carbons (Fsp3) is 0.789. The van der Waals surface area contributed by atoms with Gasteiger partial charge in [-0.05, 0) is 45.2 Å². The number of likely N-dealkylation sites (tertiary alicyclic amines) is 1. The van der Waals surface area contributed by atoms with Crippen molar-refractivity contribution in [3.05, 3.63) is 17.0 Å². The van der Waals surface area contributed by atoms with E-state index in [9.17, 15) is 0 Å². The number of rotatable bonds is 9. The quantitative estimate of drug-likeness (QED) is 0.325. The Labute approximate surface area is 175 Å². The maximum atomic E-state index is 5.44. The molecule has 0 bridgehead atoms. The monoisotopic (exact) mass is 477 g/mol. The molecule has 6 nitrogen and oxygen atoms in total. The summed E-state index contributed by atoms with van der Waals surface area (Å²) in [4.78, 5) is 7.32. The van der Waals surface area contributed by atoms with Gasteiger partial charge in [0, 0.05) is 31.6 Å². The summed E-state index contributed by atoms with van der Waals surface area (Å²) in [7, 11) is 0. The lowest BCUT2D eigenvalue weighted by Gasteiger charge is -2.21. The van der Waals surface area contributed by atoms with Gasteiger partial charge in [-0.3, -0.25) is 0 Å². The molecule has 26 heavy (non-hydrogen) atoms. The van der Waals surface area contributed by atoms with Gasteiger partial charge in [-0.2, -0.15) is 0 Å². The number of guanidine groups is 1. The van der Waals surface area contributed by atoms with E-state index in [1.54, 1.807) is 0 Å². The third kappa shape index (κ3) is 7.06. The van der Waals surface area contributed by atoms with Crippen LogP contribution in [0.5, 0.6) is 0 Å². The minimum absolute atomic E-state index is 0. The van der Waals surface area contributed by atoms with E-state index in [1.807, 2.05) is 0 Å². The zero-order chi connectivity index (χ0) is 18.1. The highest BCUT2D eigenvalue weighted by Gasteiger charge is 2.15. The van der Waals surface area contributed by atoms with Gasteiger partial charge in [-0.25, -0.2) is 4.99 Å². The second-order valence-electron chi connectivity index (χ2n) is 6.93. The van der Waals surface area contributed by atoms with Gasteiger partial charge in [0.25, 0.3) is 0 Å². The molecule has 2 heterocycles. The maximum absolute atomic E-state index is 5.44. The third-order valence-electron chi connectivity index (χ3n) is 4.73. The van der Waals surface area contributed by atoms with Crippen LogP contribution in [-0.4, -0.2) is 48.7 Å². The topological polar surface area (TPSA) is 65.7 Å². The van der Waals surface area contributed by atoms with Crippen molar-refractivity contribution in [2.45, 2.75) is 59.9 Å². The highest BCUT2D eigenvalue weighted by molar-refractivity contribution is 14.0. The van der Waals surface area contributed by atoms with E-state index >= 15 is 0 Å². The average Bonchev–Trinajstić information content (AvgIpc) is 3.26. The van der Waals surface area contributed by atoms with Crippen LogP contribution in [0.1, 0.15) is 57.6 Å². The Balaban J connectivity index is 0.00000338. The molecule has 1 atom stereocenters. The molecule has 1 aromatic heterocycles. The summed E-state index contributed by atoms with van der Waals surface area (Å²) in [6.07, 6.45) is 4.44. The van der Waals surface area contributed by atoms with Crippen molar-refractivity contribution < 1.29 is 4.52 Å². The Morgan fingerprint density at radius 1 is 1.19 bits per heavy atom. The number of aromatic nitrogens is 1. The van der Waals surface area contributed by atoms with E-state index in [0.717, 1.165) is 55.5 Å². The highest BCUT2D eigenvalue weighted by atomic mass is 127. The van der Waals surface area contributed by atoms with Crippen LogP contribution in [0.2, 0.25) is 0 Å². The zero-order valence-corrected chi connectivity index (χ0v) is 19.1. The van der Waals surface area contributed by atoms with E-state index < -0.39 is 0 Å². The van der Waals surface area contributed by atoms with Gasteiger partial charge in [-0.15, -0.1) is 24.0 Å². The number of aryl methyl sites for hydroxylation is 2. The van der Waals surface area contributed by atoms with Crippen LogP contribution in [0.4, 0.5) is 0 Å². The van der Waals surface area contributed by atoms with Crippen molar-refractivity contribution in [3.63, 3.8) is 0 Å². The molecular formula is C19H36IN5O. The maximum Gasteiger partial charge on any atom is 0.191 e. The second-order valence-corrected chi connectivity index (χ2v) is 6.93. The Kier molecular flexibility index (Phi) is 11.2. The number of hydrogen-bond donors (Lipinski definition) is 2. The molecule has 0 aliphatic carbocycles. The van der Waals surface area contributed by atoms with Crippen LogP contribution >= 0.6 is 24.0 Å². The van der Waals surface area contributed by atoms with Crippen LogP contribution in [0.15, 0.2) is 9.52 Å². The van der Waals surface area contributed by atoms with Gasteiger partial charge >= 0.3 is 0 Å². The van der Waals surface area contributed by atoms with Crippen LogP contribution in [-0.2, 0) is 19.4 Å². The SMILES string of the molecule is CCNC(=NCc1c(CC)noc1CC)NCC(C)CN1CCCC1.I. The molecule has 1 unspecified atom stereocenters. The van der Waals surface area contributed by atoms with Crippen molar-refractivity contribution >= 4 is 29.9 Å². The normalized spacial score (nSPS) is 16.4. The molecular weight excluding hydrogens is 441 g/mol. The minimum atomic E-state index is 0. The van der Waals surface area contributed by atoms with Crippen LogP contribution < -0.4 is 10.6 Å². The van der Waals surface area contributed by atoms with Gasteiger partial charge in [0.2, 0.25) is 0 Å². The van der Waals surface area contributed by atoms with Crippen molar-refractivity contribution in [3.8, 4) is 0 Å². The molecule has 0 amide bonds. The second kappa shape index (κ2) is 12.5. The molecule has 0 aromatic carbocycles. The Morgan fingerprint density at radius 3 is 2.54 bits per heavy atom. The number of halogens is 1. The molecule has 7 heteroatoms. The molecule has 0 spiro atoms. The highest BCUT2D eigenvalue weighted by Crippen LogP contribution is 2.16. The van der Waals surface area contributed by atoms with Crippen LogP contribution in [0.3, 0.4) is 0 Å². The average molecular weight is 477 g/mol. The fourth-order valence-corrected chi connectivity index (χ4v) is 3.36. The number of nitrogens with one attached hydrogen (secondary N) is 2. The lowest BCUT2D eigenvalue weighted by molar-refractivity contribution is 0.287. The molecule has 1 saturated heterocycles. The van der Waals surface area contributed by atoms with Crippen LogP contribution in [0, 0.1) is 5.92 Å². The van der Waals surface area contributed by atoms with E-state index in [4.69, 9.17) is 9.52 Å². The first kappa shape index (κ1) is 23.2. The van der Waals surface area contributed by atoms with E-state index in [2.05, 4.69) is 48.4 Å². The summed E-state index contributed by atoms with van der Waals surface area (Å²) >= 11 is 0. The Bertz CT molecular complexity index is 519. The first-order valence-electron chi connectivity index (χ1n) is 9.88. The van der Waals surface area contributed by atoms with Crippen molar-refractivity contribution in [1.82, 2.24) is 20.7 Å². The standard InChI is InChI=1S/C19H35N5O.HI/c1-5-17-16(18(6-2)25-23-17)13-22-19(20-7-3)21-12-15(4)14-24-10-8-9-11-24;/h15H,5-14H2,1-4H3,(H2,20,21,22);1H. The molecule has 1 aliphatic rings. The molecule has 150 valence electrons. The summed E-state index contributed by atoms with van der Waals surface area (Å²) in [6, 6.07) is 0. The molecule has 1 aromatic rings. The summed E-state index contributed by atoms with van der Waals surface area (Å²) in [5.41, 5.74) is 2.17. The van der Waals surface area contributed by atoms with Gasteiger partial charge in [0.05, 0.1) is 12.2 Å². The predicted octanol–water partition coefficient (Wildman–Crippen LogP) is 3.20. The molecule has 1 aliphatic heterocycles. The first-order chi connectivity index (χ1) is 12.2. The molecule has 0 saturated carbocycles. The lowest BCUT2D eigenvalue weighted by Crippen LogP contribution is -2.41. The zero-order valence-electron chi connectivity index (χ0n) is 16.8. The summed E-state index contributed by atoms with van der Waals surface area (Å²) in [6.45, 7) is 14.7.